The van der Waals surface area contributed by atoms with E-state index in [2.05, 4.69) is 10.6 Å². The number of amides is 1. The molecule has 1 amide bonds. The molecule has 0 saturated carbocycles. The largest absolute Gasteiger partial charge is 0.385 e. The molecular formula is C14H22N2O2. The summed E-state index contributed by atoms with van der Waals surface area (Å²) in [4.78, 5) is 11.8. The summed E-state index contributed by atoms with van der Waals surface area (Å²) in [6.07, 6.45) is 0.196. The predicted octanol–water partition coefficient (Wildman–Crippen LogP) is 2.27. The third-order valence-corrected chi connectivity index (χ3v) is 2.37. The molecule has 0 aliphatic heterocycles. The molecule has 0 unspecified atom stereocenters. The van der Waals surface area contributed by atoms with Crippen LogP contribution in [0, 0.1) is 0 Å². The normalized spacial score (nSPS) is 10.4. The third kappa shape index (κ3) is 5.19. The van der Waals surface area contributed by atoms with E-state index in [4.69, 9.17) is 4.74 Å². The zero-order valence-corrected chi connectivity index (χ0v) is 11.3. The first-order valence-electron chi connectivity index (χ1n) is 6.37. The fourth-order valence-electron chi connectivity index (χ4n) is 1.50. The van der Waals surface area contributed by atoms with Crippen LogP contribution in [0.3, 0.4) is 0 Å². The Hall–Kier alpha value is -1.55. The van der Waals surface area contributed by atoms with Gasteiger partial charge in [0.15, 0.2) is 0 Å². The van der Waals surface area contributed by atoms with Crippen molar-refractivity contribution in [3.8, 4) is 0 Å². The van der Waals surface area contributed by atoms with Crippen molar-refractivity contribution < 1.29 is 9.53 Å². The molecule has 0 fully saturated rings. The molecule has 1 rings (SSSR count). The van der Waals surface area contributed by atoms with E-state index < -0.39 is 0 Å². The first-order chi connectivity index (χ1) is 8.63. The minimum Gasteiger partial charge on any atom is -0.385 e. The second-order valence-electron chi connectivity index (χ2n) is 4.28. The van der Waals surface area contributed by atoms with Crippen LogP contribution in [0.5, 0.6) is 0 Å². The topological polar surface area (TPSA) is 50.4 Å². The maximum Gasteiger partial charge on any atom is 0.251 e. The van der Waals surface area contributed by atoms with Crippen LogP contribution in [0.15, 0.2) is 24.3 Å². The Labute approximate surface area is 109 Å². The Morgan fingerprint density at radius 3 is 2.50 bits per heavy atom. The van der Waals surface area contributed by atoms with Crippen molar-refractivity contribution in [2.24, 2.45) is 0 Å². The summed E-state index contributed by atoms with van der Waals surface area (Å²) in [5, 5.41) is 6.01. The Morgan fingerprint density at radius 1 is 1.28 bits per heavy atom. The Kier molecular flexibility index (Phi) is 6.22. The molecule has 4 nitrogen and oxygen atoms in total. The highest BCUT2D eigenvalue weighted by atomic mass is 16.5. The zero-order valence-electron chi connectivity index (χ0n) is 11.3. The fraction of sp³-hybridized carbons (Fsp3) is 0.500. The van der Waals surface area contributed by atoms with E-state index in [0.717, 1.165) is 12.2 Å². The van der Waals surface area contributed by atoms with Crippen LogP contribution in [0.4, 0.5) is 5.69 Å². The maximum absolute atomic E-state index is 11.8. The number of benzene rings is 1. The van der Waals surface area contributed by atoms with E-state index in [1.807, 2.05) is 45.0 Å². The molecule has 18 heavy (non-hydrogen) atoms. The lowest BCUT2D eigenvalue weighted by atomic mass is 10.2. The van der Waals surface area contributed by atoms with E-state index >= 15 is 0 Å². The molecule has 1 aromatic carbocycles. The SMILES string of the molecule is CCNc1ccc(C(=O)NCCOC(C)C)cc1. The first kappa shape index (κ1) is 14.5. The number of carbonyl (C=O) groups is 1. The van der Waals surface area contributed by atoms with Gasteiger partial charge in [-0.2, -0.15) is 0 Å². The standard InChI is InChI=1S/C14H22N2O2/c1-4-15-13-7-5-12(6-8-13)14(17)16-9-10-18-11(2)3/h5-8,11,15H,4,9-10H2,1-3H3,(H,16,17). The highest BCUT2D eigenvalue weighted by Crippen LogP contribution is 2.08. The molecule has 0 aliphatic carbocycles. The van der Waals surface area contributed by atoms with Crippen LogP contribution in [0.25, 0.3) is 0 Å². The van der Waals surface area contributed by atoms with Gasteiger partial charge in [-0.05, 0) is 45.0 Å². The third-order valence-electron chi connectivity index (χ3n) is 2.37. The summed E-state index contributed by atoms with van der Waals surface area (Å²) in [6.45, 7) is 7.93. The maximum atomic E-state index is 11.8. The number of ether oxygens (including phenoxy) is 1. The smallest absolute Gasteiger partial charge is 0.251 e. The van der Waals surface area contributed by atoms with Crippen molar-refractivity contribution in [3.63, 3.8) is 0 Å². The molecule has 2 N–H and O–H groups in total. The van der Waals surface area contributed by atoms with Gasteiger partial charge >= 0.3 is 0 Å². The Bertz CT molecular complexity index is 361. The molecule has 0 spiro atoms. The lowest BCUT2D eigenvalue weighted by Crippen LogP contribution is -2.28. The molecule has 0 saturated heterocycles. The second-order valence-corrected chi connectivity index (χ2v) is 4.28. The number of hydrogen-bond acceptors (Lipinski definition) is 3. The van der Waals surface area contributed by atoms with Gasteiger partial charge in [0.2, 0.25) is 0 Å². The molecule has 0 bridgehead atoms. The monoisotopic (exact) mass is 250 g/mol. The number of carbonyl (C=O) groups excluding carboxylic acids is 1. The van der Waals surface area contributed by atoms with E-state index in [1.165, 1.54) is 0 Å². The van der Waals surface area contributed by atoms with Crippen LogP contribution in [-0.2, 0) is 4.74 Å². The van der Waals surface area contributed by atoms with Gasteiger partial charge in [0.05, 0.1) is 12.7 Å². The first-order valence-corrected chi connectivity index (χ1v) is 6.37. The minimum absolute atomic E-state index is 0.0644. The highest BCUT2D eigenvalue weighted by molar-refractivity contribution is 5.94. The summed E-state index contributed by atoms with van der Waals surface area (Å²) in [5.74, 6) is -0.0644. The number of hydrogen-bond donors (Lipinski definition) is 2. The summed E-state index contributed by atoms with van der Waals surface area (Å²) in [6, 6.07) is 7.44. The van der Waals surface area contributed by atoms with Crippen molar-refractivity contribution in [2.45, 2.75) is 26.9 Å². The van der Waals surface area contributed by atoms with Crippen LogP contribution >= 0.6 is 0 Å². The predicted molar refractivity (Wildman–Crippen MR) is 74.0 cm³/mol. The van der Waals surface area contributed by atoms with Gasteiger partial charge in [-0.15, -0.1) is 0 Å². The molecule has 0 aromatic heterocycles. The van der Waals surface area contributed by atoms with Gasteiger partial charge in [-0.25, -0.2) is 0 Å². The Balaban J connectivity index is 2.37. The molecule has 0 atom stereocenters. The zero-order chi connectivity index (χ0) is 13.4. The van der Waals surface area contributed by atoms with Crippen LogP contribution in [0.2, 0.25) is 0 Å². The molecule has 0 heterocycles. The molecule has 1 aromatic rings. The average Bonchev–Trinajstić information content (AvgIpc) is 2.35. The van der Waals surface area contributed by atoms with Gasteiger partial charge in [-0.3, -0.25) is 4.79 Å². The van der Waals surface area contributed by atoms with E-state index in [0.29, 0.717) is 18.7 Å². The molecule has 100 valence electrons. The van der Waals surface area contributed by atoms with Gasteiger partial charge < -0.3 is 15.4 Å². The summed E-state index contributed by atoms with van der Waals surface area (Å²) in [5.41, 5.74) is 1.69. The summed E-state index contributed by atoms with van der Waals surface area (Å²) >= 11 is 0. The van der Waals surface area contributed by atoms with Crippen LogP contribution in [0.1, 0.15) is 31.1 Å². The fourth-order valence-corrected chi connectivity index (χ4v) is 1.50. The molecule has 4 heteroatoms. The lowest BCUT2D eigenvalue weighted by molar-refractivity contribution is 0.0746. The average molecular weight is 250 g/mol. The van der Waals surface area contributed by atoms with E-state index in [9.17, 15) is 4.79 Å². The van der Waals surface area contributed by atoms with Crippen molar-refractivity contribution in [1.29, 1.82) is 0 Å². The van der Waals surface area contributed by atoms with Crippen molar-refractivity contribution >= 4 is 11.6 Å². The number of nitrogens with one attached hydrogen (secondary N) is 2. The summed E-state index contributed by atoms with van der Waals surface area (Å²) in [7, 11) is 0. The van der Waals surface area contributed by atoms with Crippen LogP contribution in [-0.4, -0.2) is 31.7 Å². The lowest BCUT2D eigenvalue weighted by Gasteiger charge is -2.09. The second kappa shape index (κ2) is 7.71. The quantitative estimate of drug-likeness (QED) is 0.730. The molecule has 0 radical (unpaired) electrons. The van der Waals surface area contributed by atoms with E-state index in [-0.39, 0.29) is 12.0 Å². The molecular weight excluding hydrogens is 228 g/mol. The van der Waals surface area contributed by atoms with Crippen LogP contribution < -0.4 is 10.6 Å². The van der Waals surface area contributed by atoms with Crippen molar-refractivity contribution in [3.05, 3.63) is 29.8 Å². The highest BCUT2D eigenvalue weighted by Gasteiger charge is 2.04. The minimum atomic E-state index is -0.0644. The van der Waals surface area contributed by atoms with Crippen molar-refractivity contribution in [2.75, 3.05) is 25.0 Å². The van der Waals surface area contributed by atoms with Gasteiger partial charge in [0.1, 0.15) is 0 Å². The van der Waals surface area contributed by atoms with Gasteiger partial charge in [0.25, 0.3) is 5.91 Å². The van der Waals surface area contributed by atoms with Crippen molar-refractivity contribution in [1.82, 2.24) is 5.32 Å². The molecule has 0 aliphatic rings. The van der Waals surface area contributed by atoms with Gasteiger partial charge in [0, 0.05) is 24.3 Å². The number of anilines is 1. The van der Waals surface area contributed by atoms with E-state index in [1.54, 1.807) is 0 Å². The number of rotatable bonds is 7. The van der Waals surface area contributed by atoms with Gasteiger partial charge in [-0.1, -0.05) is 0 Å². The summed E-state index contributed by atoms with van der Waals surface area (Å²) < 4.78 is 5.35. The Morgan fingerprint density at radius 2 is 1.94 bits per heavy atom.